The van der Waals surface area contributed by atoms with Gasteiger partial charge in [0.05, 0.1) is 7.11 Å². The minimum absolute atomic E-state index is 0. The van der Waals surface area contributed by atoms with E-state index in [0.29, 0.717) is 18.0 Å². The molecule has 1 saturated carbocycles. The van der Waals surface area contributed by atoms with Crippen LogP contribution in [0.1, 0.15) is 54.8 Å². The first kappa shape index (κ1) is 22.1. The summed E-state index contributed by atoms with van der Waals surface area (Å²) in [5.41, 5.74) is 4.74. The number of hydrogen-bond donors (Lipinski definition) is 2. The van der Waals surface area contributed by atoms with Gasteiger partial charge in [0, 0.05) is 48.9 Å². The Hall–Kier alpha value is -2.08. The smallest absolute Gasteiger partial charge is 0.230 e. The molecule has 5 atom stereocenters. The van der Waals surface area contributed by atoms with E-state index in [1.807, 2.05) is 11.9 Å². The maximum atomic E-state index is 12.5. The van der Waals surface area contributed by atoms with Crippen LogP contribution in [0.25, 0.3) is 0 Å². The third kappa shape index (κ3) is 4.07. The standard InChI is InChI=1S/C25H31N3O2.ClH/c1-15-9-10-21(24(27-15)16-7-5-4-6-8-16)26-14-17-11-22-19(13-23(17)30-3)18-12-20(18)25(29)28(22)2;/h4-8,11,13,15,18,20-21,24,26-27H,9-10,12,14H2,1-3H3;1H/t15-,18-,20-,21-,24-;/m1./s1. The lowest BCUT2D eigenvalue weighted by atomic mass is 9.89. The number of hydrogen-bond acceptors (Lipinski definition) is 4. The number of halogens is 1. The number of ether oxygens (including phenoxy) is 1. The Bertz CT molecular complexity index is 951. The van der Waals surface area contributed by atoms with Gasteiger partial charge in [-0.15, -0.1) is 12.4 Å². The molecule has 0 radical (unpaired) electrons. The second-order valence-electron chi connectivity index (χ2n) is 9.09. The summed E-state index contributed by atoms with van der Waals surface area (Å²) in [6, 6.07) is 16.2. The molecule has 0 spiro atoms. The zero-order chi connectivity index (χ0) is 20.8. The van der Waals surface area contributed by atoms with Gasteiger partial charge in [0.15, 0.2) is 0 Å². The van der Waals surface area contributed by atoms with Crippen molar-refractivity contribution in [2.75, 3.05) is 19.1 Å². The van der Waals surface area contributed by atoms with Crippen molar-refractivity contribution in [2.45, 2.75) is 56.8 Å². The summed E-state index contributed by atoms with van der Waals surface area (Å²) in [4.78, 5) is 14.3. The van der Waals surface area contributed by atoms with E-state index < -0.39 is 0 Å². The number of anilines is 1. The van der Waals surface area contributed by atoms with Crippen molar-refractivity contribution in [1.82, 2.24) is 10.6 Å². The molecule has 6 heteroatoms. The lowest BCUT2D eigenvalue weighted by Crippen LogP contribution is -2.49. The minimum Gasteiger partial charge on any atom is -0.496 e. The van der Waals surface area contributed by atoms with Crippen LogP contribution in [0, 0.1) is 5.92 Å². The third-order valence-corrected chi connectivity index (χ3v) is 7.12. The maximum Gasteiger partial charge on any atom is 0.230 e. The first-order valence-corrected chi connectivity index (χ1v) is 11.1. The molecule has 1 amide bonds. The first-order chi connectivity index (χ1) is 14.6. The number of nitrogens with one attached hydrogen (secondary N) is 2. The Labute approximate surface area is 191 Å². The van der Waals surface area contributed by atoms with E-state index in [0.717, 1.165) is 42.8 Å². The first-order valence-electron chi connectivity index (χ1n) is 11.1. The molecule has 0 bridgehead atoms. The van der Waals surface area contributed by atoms with Crippen LogP contribution in [-0.2, 0) is 11.3 Å². The van der Waals surface area contributed by atoms with Crippen molar-refractivity contribution in [1.29, 1.82) is 0 Å². The number of carbonyl (C=O) groups is 1. The van der Waals surface area contributed by atoms with Gasteiger partial charge in [0.25, 0.3) is 0 Å². The van der Waals surface area contributed by atoms with Crippen LogP contribution >= 0.6 is 12.4 Å². The molecule has 5 rings (SSSR count). The molecule has 2 heterocycles. The number of nitrogens with zero attached hydrogens (tertiary/aromatic N) is 1. The molecule has 166 valence electrons. The highest BCUT2D eigenvalue weighted by Crippen LogP contribution is 2.56. The van der Waals surface area contributed by atoms with Crippen molar-refractivity contribution >= 4 is 24.0 Å². The Morgan fingerprint density at radius 1 is 1.16 bits per heavy atom. The van der Waals surface area contributed by atoms with Gasteiger partial charge in [-0.05, 0) is 55.4 Å². The summed E-state index contributed by atoms with van der Waals surface area (Å²) in [5.74, 6) is 1.73. The van der Waals surface area contributed by atoms with E-state index in [1.165, 1.54) is 11.1 Å². The van der Waals surface area contributed by atoms with Gasteiger partial charge in [-0.25, -0.2) is 0 Å². The highest BCUT2D eigenvalue weighted by Gasteiger charge is 2.50. The van der Waals surface area contributed by atoms with Crippen LogP contribution in [0.5, 0.6) is 5.75 Å². The monoisotopic (exact) mass is 441 g/mol. The third-order valence-electron chi connectivity index (χ3n) is 7.12. The fourth-order valence-electron chi connectivity index (χ4n) is 5.27. The molecule has 2 aromatic carbocycles. The number of benzene rings is 2. The number of rotatable bonds is 5. The second kappa shape index (κ2) is 8.81. The van der Waals surface area contributed by atoms with E-state index in [9.17, 15) is 4.79 Å². The SMILES string of the molecule is COc1cc2c(cc1CN[C@@H]1CC[C@@H](C)N[C@@H]1c1ccccc1)N(C)C(=O)[C@@H]1C[C@H]21.Cl. The molecular weight excluding hydrogens is 410 g/mol. The molecule has 2 fully saturated rings. The lowest BCUT2D eigenvalue weighted by Gasteiger charge is -2.37. The van der Waals surface area contributed by atoms with E-state index in [2.05, 4.69) is 60.0 Å². The Morgan fingerprint density at radius 2 is 1.94 bits per heavy atom. The Morgan fingerprint density at radius 3 is 2.68 bits per heavy atom. The largest absolute Gasteiger partial charge is 0.496 e. The van der Waals surface area contributed by atoms with Gasteiger partial charge in [0.2, 0.25) is 5.91 Å². The molecule has 5 nitrogen and oxygen atoms in total. The van der Waals surface area contributed by atoms with Crippen LogP contribution < -0.4 is 20.3 Å². The van der Waals surface area contributed by atoms with Gasteiger partial charge >= 0.3 is 0 Å². The molecule has 31 heavy (non-hydrogen) atoms. The zero-order valence-electron chi connectivity index (χ0n) is 18.4. The Balaban J connectivity index is 0.00000231. The second-order valence-corrected chi connectivity index (χ2v) is 9.09. The molecule has 0 aromatic heterocycles. The molecule has 2 aliphatic heterocycles. The normalized spacial score (nSPS) is 28.9. The summed E-state index contributed by atoms with van der Waals surface area (Å²) < 4.78 is 5.75. The molecule has 1 aliphatic carbocycles. The molecule has 1 saturated heterocycles. The zero-order valence-corrected chi connectivity index (χ0v) is 19.2. The fourth-order valence-corrected chi connectivity index (χ4v) is 5.27. The summed E-state index contributed by atoms with van der Waals surface area (Å²) >= 11 is 0. The number of fused-ring (bicyclic) bond motifs is 3. The molecular formula is C25H32ClN3O2. The van der Waals surface area contributed by atoms with E-state index in [1.54, 1.807) is 7.11 Å². The quantitative estimate of drug-likeness (QED) is 0.731. The highest BCUT2D eigenvalue weighted by atomic mass is 35.5. The predicted molar refractivity (Wildman–Crippen MR) is 126 cm³/mol. The van der Waals surface area contributed by atoms with Crippen molar-refractivity contribution in [3.05, 3.63) is 59.2 Å². The van der Waals surface area contributed by atoms with Crippen molar-refractivity contribution in [3.63, 3.8) is 0 Å². The lowest BCUT2D eigenvalue weighted by molar-refractivity contribution is -0.119. The van der Waals surface area contributed by atoms with Gasteiger partial charge in [0.1, 0.15) is 5.75 Å². The molecule has 2 N–H and O–H groups in total. The number of amides is 1. The predicted octanol–water partition coefficient (Wildman–Crippen LogP) is 4.17. The minimum atomic E-state index is 0. The Kier molecular flexibility index (Phi) is 6.29. The van der Waals surface area contributed by atoms with Crippen LogP contribution in [0.3, 0.4) is 0 Å². The van der Waals surface area contributed by atoms with Crippen LogP contribution in [0.15, 0.2) is 42.5 Å². The van der Waals surface area contributed by atoms with Crippen LogP contribution in [0.4, 0.5) is 5.69 Å². The molecule has 2 aromatic rings. The summed E-state index contributed by atoms with van der Waals surface area (Å²) in [6.07, 6.45) is 3.26. The van der Waals surface area contributed by atoms with Gasteiger partial charge in [-0.1, -0.05) is 30.3 Å². The summed E-state index contributed by atoms with van der Waals surface area (Å²) in [7, 11) is 3.64. The van der Waals surface area contributed by atoms with E-state index >= 15 is 0 Å². The van der Waals surface area contributed by atoms with E-state index in [4.69, 9.17) is 4.74 Å². The molecule has 0 unspecified atom stereocenters. The van der Waals surface area contributed by atoms with Crippen molar-refractivity contribution in [2.24, 2.45) is 5.92 Å². The number of methoxy groups -OCH3 is 1. The van der Waals surface area contributed by atoms with Crippen LogP contribution in [-0.4, -0.2) is 32.1 Å². The van der Waals surface area contributed by atoms with Crippen molar-refractivity contribution < 1.29 is 9.53 Å². The van der Waals surface area contributed by atoms with Gasteiger partial charge in [-0.3, -0.25) is 4.79 Å². The van der Waals surface area contributed by atoms with Crippen LogP contribution in [0.2, 0.25) is 0 Å². The number of piperidine rings is 1. The average molecular weight is 442 g/mol. The van der Waals surface area contributed by atoms with Gasteiger partial charge in [-0.2, -0.15) is 0 Å². The maximum absolute atomic E-state index is 12.5. The highest BCUT2D eigenvalue weighted by molar-refractivity contribution is 6.01. The van der Waals surface area contributed by atoms with E-state index in [-0.39, 0.29) is 30.3 Å². The topological polar surface area (TPSA) is 53.6 Å². The van der Waals surface area contributed by atoms with Gasteiger partial charge < -0.3 is 20.3 Å². The molecule has 3 aliphatic rings. The summed E-state index contributed by atoms with van der Waals surface area (Å²) in [6.45, 7) is 2.98. The summed E-state index contributed by atoms with van der Waals surface area (Å²) in [5, 5.41) is 7.57. The number of carbonyl (C=O) groups excluding carboxylic acids is 1. The average Bonchev–Trinajstić information content (AvgIpc) is 3.58. The van der Waals surface area contributed by atoms with Crippen molar-refractivity contribution in [3.8, 4) is 5.75 Å². The fraction of sp³-hybridized carbons (Fsp3) is 0.480.